The number of anilines is 2. The van der Waals surface area contributed by atoms with Crippen LogP contribution in [0.4, 0.5) is 17.5 Å². The molecule has 0 spiro atoms. The first-order valence-electron chi connectivity index (χ1n) is 6.84. The van der Waals surface area contributed by atoms with Crippen molar-refractivity contribution in [2.75, 3.05) is 10.7 Å². The minimum absolute atomic E-state index is 0.124. The van der Waals surface area contributed by atoms with Crippen molar-refractivity contribution in [3.8, 4) is 0 Å². The predicted molar refractivity (Wildman–Crippen MR) is 76.2 cm³/mol. The molecule has 1 fully saturated rings. The zero-order valence-electron chi connectivity index (χ0n) is 11.5. The second kappa shape index (κ2) is 6.47. The molecule has 1 aliphatic rings. The summed E-state index contributed by atoms with van der Waals surface area (Å²) >= 11 is 0. The third-order valence-corrected chi connectivity index (χ3v) is 3.69. The Kier molecular flexibility index (Phi) is 4.67. The summed E-state index contributed by atoms with van der Waals surface area (Å²) in [5, 5.41) is 14.2. The summed E-state index contributed by atoms with van der Waals surface area (Å²) in [6.45, 7) is 2.24. The van der Waals surface area contributed by atoms with Crippen molar-refractivity contribution in [2.24, 2.45) is 11.8 Å². The van der Waals surface area contributed by atoms with Crippen molar-refractivity contribution in [1.82, 2.24) is 9.97 Å². The standard InChI is InChI=1S/C12H20N6O2/c1-8-3-2-4-9(6-5-8)15-11-10(18(19)20)7-14-12(16-11)17-13/h7-9H,2-6,13H2,1H3,(H2,14,15,16,17). The van der Waals surface area contributed by atoms with Gasteiger partial charge in [-0.1, -0.05) is 19.8 Å². The molecule has 8 nitrogen and oxygen atoms in total. The van der Waals surface area contributed by atoms with E-state index in [9.17, 15) is 10.1 Å². The van der Waals surface area contributed by atoms with Crippen molar-refractivity contribution in [3.05, 3.63) is 16.3 Å². The average Bonchev–Trinajstić information content (AvgIpc) is 2.63. The van der Waals surface area contributed by atoms with E-state index in [1.807, 2.05) is 0 Å². The molecule has 1 aliphatic carbocycles. The highest BCUT2D eigenvalue weighted by atomic mass is 16.6. The molecule has 2 rings (SSSR count). The van der Waals surface area contributed by atoms with Crippen LogP contribution in [0.5, 0.6) is 0 Å². The lowest BCUT2D eigenvalue weighted by atomic mass is 10.0. The van der Waals surface area contributed by atoms with E-state index in [-0.39, 0.29) is 23.5 Å². The number of nitrogens with zero attached hydrogens (tertiary/aromatic N) is 3. The highest BCUT2D eigenvalue weighted by Crippen LogP contribution is 2.28. The second-order valence-electron chi connectivity index (χ2n) is 5.28. The fourth-order valence-electron chi connectivity index (χ4n) is 2.51. The lowest BCUT2D eigenvalue weighted by Crippen LogP contribution is -2.21. The Morgan fingerprint density at radius 1 is 1.40 bits per heavy atom. The third kappa shape index (κ3) is 3.53. The largest absolute Gasteiger partial charge is 0.361 e. The Balaban J connectivity index is 2.16. The van der Waals surface area contributed by atoms with Crippen LogP contribution in [0.2, 0.25) is 0 Å². The van der Waals surface area contributed by atoms with Gasteiger partial charge in [0.15, 0.2) is 0 Å². The van der Waals surface area contributed by atoms with Gasteiger partial charge in [0.1, 0.15) is 6.20 Å². The van der Waals surface area contributed by atoms with E-state index in [2.05, 4.69) is 27.6 Å². The van der Waals surface area contributed by atoms with E-state index in [1.54, 1.807) is 0 Å². The first kappa shape index (κ1) is 14.4. The van der Waals surface area contributed by atoms with E-state index < -0.39 is 4.92 Å². The van der Waals surface area contributed by atoms with Gasteiger partial charge in [-0.3, -0.25) is 15.5 Å². The van der Waals surface area contributed by atoms with Crippen LogP contribution in [0.1, 0.15) is 39.0 Å². The third-order valence-electron chi connectivity index (χ3n) is 3.69. The molecule has 8 heteroatoms. The number of nitrogens with two attached hydrogens (primary N) is 1. The Hall–Kier alpha value is -1.96. The molecule has 110 valence electrons. The van der Waals surface area contributed by atoms with Crippen molar-refractivity contribution in [2.45, 2.75) is 45.1 Å². The van der Waals surface area contributed by atoms with Gasteiger partial charge in [0, 0.05) is 6.04 Å². The van der Waals surface area contributed by atoms with Gasteiger partial charge in [-0.05, 0) is 25.2 Å². The summed E-state index contributed by atoms with van der Waals surface area (Å²) in [6.07, 6.45) is 6.62. The molecule has 2 unspecified atom stereocenters. The van der Waals surface area contributed by atoms with Crippen LogP contribution in [0.15, 0.2) is 6.20 Å². The molecular weight excluding hydrogens is 260 g/mol. The van der Waals surface area contributed by atoms with E-state index in [1.165, 1.54) is 12.6 Å². The normalized spacial score (nSPS) is 22.9. The summed E-state index contributed by atoms with van der Waals surface area (Å²) in [6, 6.07) is 0.208. The van der Waals surface area contributed by atoms with Crippen molar-refractivity contribution in [3.63, 3.8) is 0 Å². The number of aromatic nitrogens is 2. The van der Waals surface area contributed by atoms with Crippen LogP contribution in [-0.4, -0.2) is 20.9 Å². The van der Waals surface area contributed by atoms with Crippen molar-refractivity contribution >= 4 is 17.5 Å². The number of nitro groups is 1. The van der Waals surface area contributed by atoms with Gasteiger partial charge in [-0.2, -0.15) is 4.98 Å². The molecule has 0 aromatic carbocycles. The van der Waals surface area contributed by atoms with Gasteiger partial charge in [0.25, 0.3) is 0 Å². The zero-order chi connectivity index (χ0) is 14.5. The Morgan fingerprint density at radius 2 is 2.20 bits per heavy atom. The number of hydrazine groups is 1. The first-order valence-corrected chi connectivity index (χ1v) is 6.84. The molecular formula is C12H20N6O2. The molecule has 0 radical (unpaired) electrons. The summed E-state index contributed by atoms with van der Waals surface area (Å²) in [5.74, 6) is 6.36. The Bertz CT molecular complexity index is 481. The molecule has 1 aromatic rings. The maximum absolute atomic E-state index is 11.0. The number of hydrogen-bond acceptors (Lipinski definition) is 7. The zero-order valence-corrected chi connectivity index (χ0v) is 11.5. The van der Waals surface area contributed by atoms with E-state index in [4.69, 9.17) is 5.84 Å². The molecule has 1 heterocycles. The fourth-order valence-corrected chi connectivity index (χ4v) is 2.51. The second-order valence-corrected chi connectivity index (χ2v) is 5.28. The molecule has 1 aromatic heterocycles. The van der Waals surface area contributed by atoms with Crippen molar-refractivity contribution in [1.29, 1.82) is 0 Å². The molecule has 0 aliphatic heterocycles. The van der Waals surface area contributed by atoms with Gasteiger partial charge in [0.05, 0.1) is 4.92 Å². The molecule has 0 bridgehead atoms. The minimum atomic E-state index is -0.484. The molecule has 0 saturated heterocycles. The average molecular weight is 280 g/mol. The van der Waals surface area contributed by atoms with E-state index in [0.717, 1.165) is 25.7 Å². The molecule has 1 saturated carbocycles. The number of rotatable bonds is 4. The molecule has 4 N–H and O–H groups in total. The quantitative estimate of drug-likeness (QED) is 0.334. The van der Waals surface area contributed by atoms with Gasteiger partial charge in [0.2, 0.25) is 11.8 Å². The minimum Gasteiger partial charge on any atom is -0.361 e. The number of nitrogen functional groups attached to an aromatic ring is 1. The maximum atomic E-state index is 11.0. The first-order chi connectivity index (χ1) is 9.60. The summed E-state index contributed by atoms with van der Waals surface area (Å²) < 4.78 is 0. The SMILES string of the molecule is CC1CCCC(Nc2nc(NN)ncc2[N+](=O)[O-])CC1. The molecule has 20 heavy (non-hydrogen) atoms. The van der Waals surface area contributed by atoms with Crippen LogP contribution < -0.4 is 16.6 Å². The van der Waals surface area contributed by atoms with E-state index >= 15 is 0 Å². The van der Waals surface area contributed by atoms with E-state index in [0.29, 0.717) is 5.92 Å². The summed E-state index contributed by atoms with van der Waals surface area (Å²) in [7, 11) is 0. The van der Waals surface area contributed by atoms with Crippen LogP contribution in [0.3, 0.4) is 0 Å². The van der Waals surface area contributed by atoms with Gasteiger partial charge >= 0.3 is 5.69 Å². The maximum Gasteiger partial charge on any atom is 0.329 e. The summed E-state index contributed by atoms with van der Waals surface area (Å²) in [4.78, 5) is 18.4. The van der Waals surface area contributed by atoms with Gasteiger partial charge < -0.3 is 5.32 Å². The van der Waals surface area contributed by atoms with Gasteiger partial charge in [-0.25, -0.2) is 10.8 Å². The van der Waals surface area contributed by atoms with Crippen LogP contribution in [0.25, 0.3) is 0 Å². The fraction of sp³-hybridized carbons (Fsp3) is 0.667. The van der Waals surface area contributed by atoms with Crippen LogP contribution in [-0.2, 0) is 0 Å². The highest BCUT2D eigenvalue weighted by molar-refractivity contribution is 5.57. The number of nitrogens with one attached hydrogen (secondary N) is 2. The highest BCUT2D eigenvalue weighted by Gasteiger charge is 2.22. The lowest BCUT2D eigenvalue weighted by molar-refractivity contribution is -0.384. The summed E-state index contributed by atoms with van der Waals surface area (Å²) in [5.41, 5.74) is 2.18. The smallest absolute Gasteiger partial charge is 0.329 e. The Labute approximate surface area is 117 Å². The lowest BCUT2D eigenvalue weighted by Gasteiger charge is -2.17. The van der Waals surface area contributed by atoms with Crippen LogP contribution >= 0.6 is 0 Å². The molecule has 2 atom stereocenters. The Morgan fingerprint density at radius 3 is 2.90 bits per heavy atom. The van der Waals surface area contributed by atoms with Crippen molar-refractivity contribution < 1.29 is 4.92 Å². The monoisotopic (exact) mass is 280 g/mol. The number of hydrogen-bond donors (Lipinski definition) is 3. The van der Waals surface area contributed by atoms with Gasteiger partial charge in [-0.15, -0.1) is 0 Å². The van der Waals surface area contributed by atoms with Crippen LogP contribution in [0, 0.1) is 16.0 Å². The molecule has 0 amide bonds. The predicted octanol–water partition coefficient (Wildman–Crippen LogP) is 2.05. The topological polar surface area (TPSA) is 119 Å².